The first kappa shape index (κ1) is 17.0. The molecule has 4 rings (SSSR count). The van der Waals surface area contributed by atoms with Crippen molar-refractivity contribution in [3.8, 4) is 0 Å². The summed E-state index contributed by atoms with van der Waals surface area (Å²) in [5.74, 6) is 0.910. The number of rotatable bonds is 1. The van der Waals surface area contributed by atoms with Crippen LogP contribution in [0, 0.1) is 34.5 Å². The van der Waals surface area contributed by atoms with Crippen molar-refractivity contribution in [2.24, 2.45) is 34.5 Å². The molecule has 0 aromatic rings. The summed E-state index contributed by atoms with van der Waals surface area (Å²) in [6.07, 6.45) is 7.14. The number of aliphatic hydroxyl groups is 2. The standard InChI is InChI=1S/C21H28O4/c1-11(22)13-4-5-14-12-8-17(23)16-9-18(24)19(25)10-21(16,3)15(12)6-7-20(13,14)2/h9-10,12-15,17,23,25H,4-8H2,1-3H3/t12-,13+,14-,15-,17?,20+,21+/m0/s1. The van der Waals surface area contributed by atoms with Crippen molar-refractivity contribution >= 4 is 11.6 Å². The Hall–Kier alpha value is -1.42. The van der Waals surface area contributed by atoms with Crippen LogP contribution in [0.1, 0.15) is 52.9 Å². The van der Waals surface area contributed by atoms with Gasteiger partial charge in [-0.25, -0.2) is 0 Å². The number of Topliss-reactive ketones (excluding diaryl/α,β-unsaturated/α-hetero) is 1. The van der Waals surface area contributed by atoms with E-state index in [9.17, 15) is 19.8 Å². The second-order valence-electron chi connectivity index (χ2n) is 9.19. The lowest BCUT2D eigenvalue weighted by Gasteiger charge is -2.57. The second-order valence-corrected chi connectivity index (χ2v) is 9.19. The van der Waals surface area contributed by atoms with E-state index in [-0.39, 0.29) is 17.1 Å². The van der Waals surface area contributed by atoms with E-state index in [0.717, 1.165) is 31.3 Å². The average Bonchev–Trinajstić information content (AvgIpc) is 2.88. The number of carbonyl (C=O) groups excluding carboxylic acids is 2. The summed E-state index contributed by atoms with van der Waals surface area (Å²) in [4.78, 5) is 24.1. The third-order valence-electron chi connectivity index (χ3n) is 8.15. The fraction of sp³-hybridized carbons (Fsp3) is 0.714. The Labute approximate surface area is 149 Å². The molecule has 1 unspecified atom stereocenters. The van der Waals surface area contributed by atoms with E-state index in [1.165, 1.54) is 6.08 Å². The fourth-order valence-electron chi connectivity index (χ4n) is 7.00. The Morgan fingerprint density at radius 2 is 1.92 bits per heavy atom. The highest BCUT2D eigenvalue weighted by Gasteiger charge is 2.61. The van der Waals surface area contributed by atoms with Gasteiger partial charge in [0, 0.05) is 11.3 Å². The molecule has 0 spiro atoms. The van der Waals surface area contributed by atoms with Crippen LogP contribution in [0.5, 0.6) is 0 Å². The molecule has 4 aliphatic carbocycles. The van der Waals surface area contributed by atoms with Crippen molar-refractivity contribution in [3.05, 3.63) is 23.5 Å². The maximum Gasteiger partial charge on any atom is 0.219 e. The molecule has 0 aromatic carbocycles. The zero-order valence-electron chi connectivity index (χ0n) is 15.3. The Morgan fingerprint density at radius 3 is 2.60 bits per heavy atom. The first-order valence-electron chi connectivity index (χ1n) is 9.55. The normalized spacial score (nSPS) is 48.8. The van der Waals surface area contributed by atoms with Crippen LogP contribution >= 0.6 is 0 Å². The molecule has 0 saturated heterocycles. The number of hydrogen-bond donors (Lipinski definition) is 2. The van der Waals surface area contributed by atoms with Gasteiger partial charge in [0.25, 0.3) is 0 Å². The van der Waals surface area contributed by atoms with Gasteiger partial charge in [0.05, 0.1) is 6.10 Å². The Kier molecular flexibility index (Phi) is 3.60. The van der Waals surface area contributed by atoms with E-state index in [0.29, 0.717) is 30.0 Å². The number of aliphatic hydroxyl groups excluding tert-OH is 2. The number of fused-ring (bicyclic) bond motifs is 5. The molecule has 4 heteroatoms. The van der Waals surface area contributed by atoms with Crippen molar-refractivity contribution in [3.63, 3.8) is 0 Å². The maximum absolute atomic E-state index is 12.2. The first-order valence-corrected chi connectivity index (χ1v) is 9.55. The zero-order chi connectivity index (χ0) is 18.1. The maximum atomic E-state index is 12.2. The van der Waals surface area contributed by atoms with Gasteiger partial charge in [-0.05, 0) is 79.9 Å². The van der Waals surface area contributed by atoms with Gasteiger partial charge in [-0.15, -0.1) is 0 Å². The van der Waals surface area contributed by atoms with Crippen LogP contribution in [0.4, 0.5) is 0 Å². The van der Waals surface area contributed by atoms with Crippen LogP contribution in [0.2, 0.25) is 0 Å². The molecule has 0 heterocycles. The molecule has 0 aliphatic heterocycles. The smallest absolute Gasteiger partial charge is 0.219 e. The van der Waals surface area contributed by atoms with Gasteiger partial charge in [-0.3, -0.25) is 9.59 Å². The lowest BCUT2D eigenvalue weighted by atomic mass is 9.47. The lowest BCUT2D eigenvalue weighted by Crippen LogP contribution is -2.53. The van der Waals surface area contributed by atoms with E-state index in [2.05, 4.69) is 13.8 Å². The molecule has 25 heavy (non-hydrogen) atoms. The molecule has 0 aromatic heterocycles. The molecular weight excluding hydrogens is 316 g/mol. The molecule has 0 radical (unpaired) electrons. The summed E-state index contributed by atoms with van der Waals surface area (Å²) in [6, 6.07) is 0. The molecule has 3 fully saturated rings. The molecule has 3 saturated carbocycles. The van der Waals surface area contributed by atoms with Gasteiger partial charge in [-0.2, -0.15) is 0 Å². The first-order chi connectivity index (χ1) is 11.7. The monoisotopic (exact) mass is 344 g/mol. The Bertz CT molecular complexity index is 705. The van der Waals surface area contributed by atoms with Crippen LogP contribution in [-0.4, -0.2) is 27.9 Å². The molecule has 0 bridgehead atoms. The minimum atomic E-state index is -0.640. The summed E-state index contributed by atoms with van der Waals surface area (Å²) in [7, 11) is 0. The summed E-state index contributed by atoms with van der Waals surface area (Å²) < 4.78 is 0. The Morgan fingerprint density at radius 1 is 1.20 bits per heavy atom. The van der Waals surface area contributed by atoms with Crippen molar-refractivity contribution in [1.82, 2.24) is 0 Å². The summed E-state index contributed by atoms with van der Waals surface area (Å²) >= 11 is 0. The second kappa shape index (κ2) is 5.29. The lowest BCUT2D eigenvalue weighted by molar-refractivity contribution is -0.128. The fourth-order valence-corrected chi connectivity index (χ4v) is 7.00. The molecule has 4 aliphatic rings. The van der Waals surface area contributed by atoms with Crippen LogP contribution < -0.4 is 0 Å². The van der Waals surface area contributed by atoms with Gasteiger partial charge in [0.2, 0.25) is 5.78 Å². The predicted octanol–water partition coefficient (Wildman–Crippen LogP) is 3.36. The van der Waals surface area contributed by atoms with E-state index < -0.39 is 17.3 Å². The Balaban J connectivity index is 1.74. The topological polar surface area (TPSA) is 74.6 Å². The van der Waals surface area contributed by atoms with Crippen molar-refractivity contribution in [2.75, 3.05) is 0 Å². The van der Waals surface area contributed by atoms with Crippen LogP contribution in [0.15, 0.2) is 23.5 Å². The zero-order valence-corrected chi connectivity index (χ0v) is 15.3. The quantitative estimate of drug-likeness (QED) is 0.765. The van der Waals surface area contributed by atoms with E-state index in [1.54, 1.807) is 13.0 Å². The highest BCUT2D eigenvalue weighted by atomic mass is 16.3. The van der Waals surface area contributed by atoms with Gasteiger partial charge < -0.3 is 10.2 Å². The predicted molar refractivity (Wildman–Crippen MR) is 93.7 cm³/mol. The van der Waals surface area contributed by atoms with E-state index in [4.69, 9.17) is 0 Å². The van der Waals surface area contributed by atoms with Crippen molar-refractivity contribution < 1.29 is 19.8 Å². The minimum Gasteiger partial charge on any atom is -0.504 e. The molecule has 136 valence electrons. The van der Waals surface area contributed by atoms with Crippen LogP contribution in [0.3, 0.4) is 0 Å². The molecule has 2 N–H and O–H groups in total. The molecular formula is C21H28O4. The van der Waals surface area contributed by atoms with Crippen LogP contribution in [-0.2, 0) is 9.59 Å². The summed E-state index contributed by atoms with van der Waals surface area (Å²) in [5.41, 5.74) is 0.331. The summed E-state index contributed by atoms with van der Waals surface area (Å²) in [5, 5.41) is 20.8. The number of hydrogen-bond acceptors (Lipinski definition) is 4. The third-order valence-corrected chi connectivity index (χ3v) is 8.15. The average molecular weight is 344 g/mol. The van der Waals surface area contributed by atoms with Gasteiger partial charge in [-0.1, -0.05) is 13.8 Å². The number of allylic oxidation sites excluding steroid dienone is 2. The van der Waals surface area contributed by atoms with Gasteiger partial charge >= 0.3 is 0 Å². The number of carbonyl (C=O) groups is 2. The van der Waals surface area contributed by atoms with Crippen molar-refractivity contribution in [2.45, 2.75) is 59.0 Å². The van der Waals surface area contributed by atoms with Crippen molar-refractivity contribution in [1.29, 1.82) is 0 Å². The van der Waals surface area contributed by atoms with Gasteiger partial charge in [0.1, 0.15) is 5.78 Å². The van der Waals surface area contributed by atoms with Gasteiger partial charge in [0.15, 0.2) is 5.76 Å². The highest BCUT2D eigenvalue weighted by Crippen LogP contribution is 2.66. The molecule has 4 nitrogen and oxygen atoms in total. The highest BCUT2D eigenvalue weighted by molar-refractivity contribution is 6.04. The van der Waals surface area contributed by atoms with E-state index >= 15 is 0 Å². The largest absolute Gasteiger partial charge is 0.504 e. The summed E-state index contributed by atoms with van der Waals surface area (Å²) in [6.45, 7) is 6.04. The SMILES string of the molecule is CC(=O)[C@H]1CC[C@H]2[C@@H]3CC(O)C4=CC(=O)C(O)=C[C@]4(C)[C@H]3CC[C@]12C. The van der Waals surface area contributed by atoms with Crippen LogP contribution in [0.25, 0.3) is 0 Å². The molecule has 0 amide bonds. The van der Waals surface area contributed by atoms with E-state index in [1.807, 2.05) is 0 Å². The molecule has 7 atom stereocenters. The third kappa shape index (κ3) is 2.16. The number of ketones is 2. The minimum absolute atomic E-state index is 0.0283.